The molecule has 2 fully saturated rings. The van der Waals surface area contributed by atoms with Gasteiger partial charge in [-0.05, 0) is 25.0 Å². The topological polar surface area (TPSA) is 34.4 Å². The molecule has 0 amide bonds. The quantitative estimate of drug-likeness (QED) is 0.737. The van der Waals surface area contributed by atoms with E-state index in [9.17, 15) is 0 Å². The molecule has 0 bridgehead atoms. The standard InChI is InChI=1S/C11H15NO2/c1-2-9(14-5-1)10-11(8-12-10)3-6-13-7-4-11/h1-2,5,10,12H,3-4,6-8H2. The van der Waals surface area contributed by atoms with E-state index in [0.29, 0.717) is 11.5 Å². The molecule has 1 N–H and O–H groups in total. The van der Waals surface area contributed by atoms with Crippen LogP contribution in [-0.4, -0.2) is 19.8 Å². The van der Waals surface area contributed by atoms with Crippen molar-refractivity contribution in [2.45, 2.75) is 18.9 Å². The van der Waals surface area contributed by atoms with Gasteiger partial charge in [-0.3, -0.25) is 0 Å². The van der Waals surface area contributed by atoms with Gasteiger partial charge in [-0.1, -0.05) is 0 Å². The normalized spacial score (nSPS) is 30.1. The predicted molar refractivity (Wildman–Crippen MR) is 51.9 cm³/mol. The molecule has 0 saturated carbocycles. The first-order valence-corrected chi connectivity index (χ1v) is 5.25. The van der Waals surface area contributed by atoms with Crippen LogP contribution in [0.4, 0.5) is 0 Å². The second-order valence-electron chi connectivity index (χ2n) is 4.30. The number of nitrogens with one attached hydrogen (secondary N) is 1. The maximum Gasteiger partial charge on any atom is 0.121 e. The molecule has 3 nitrogen and oxygen atoms in total. The van der Waals surface area contributed by atoms with Crippen LogP contribution in [0.25, 0.3) is 0 Å². The van der Waals surface area contributed by atoms with E-state index in [1.807, 2.05) is 6.07 Å². The molecule has 1 unspecified atom stereocenters. The summed E-state index contributed by atoms with van der Waals surface area (Å²) in [4.78, 5) is 0. The van der Waals surface area contributed by atoms with Crippen LogP contribution >= 0.6 is 0 Å². The number of ether oxygens (including phenoxy) is 1. The van der Waals surface area contributed by atoms with Gasteiger partial charge in [0.25, 0.3) is 0 Å². The molecule has 1 aromatic heterocycles. The van der Waals surface area contributed by atoms with Gasteiger partial charge in [0, 0.05) is 25.2 Å². The largest absolute Gasteiger partial charge is 0.468 e. The number of hydrogen-bond acceptors (Lipinski definition) is 3. The van der Waals surface area contributed by atoms with Crippen LogP contribution in [0.15, 0.2) is 22.8 Å². The van der Waals surface area contributed by atoms with Gasteiger partial charge < -0.3 is 14.5 Å². The van der Waals surface area contributed by atoms with Gasteiger partial charge in [-0.2, -0.15) is 0 Å². The SMILES string of the molecule is c1coc(C2NCC23CCOCC3)c1. The molecule has 0 radical (unpaired) electrons. The van der Waals surface area contributed by atoms with Crippen molar-refractivity contribution in [3.05, 3.63) is 24.2 Å². The molecule has 14 heavy (non-hydrogen) atoms. The van der Waals surface area contributed by atoms with Crippen LogP contribution in [0.2, 0.25) is 0 Å². The van der Waals surface area contributed by atoms with E-state index in [2.05, 4.69) is 11.4 Å². The minimum atomic E-state index is 0.413. The summed E-state index contributed by atoms with van der Waals surface area (Å²) in [5.74, 6) is 1.08. The molecule has 1 aromatic rings. The Bertz CT molecular complexity index is 301. The Hall–Kier alpha value is -0.800. The molecule has 3 rings (SSSR count). The minimum Gasteiger partial charge on any atom is -0.468 e. The first kappa shape index (κ1) is 8.50. The monoisotopic (exact) mass is 193 g/mol. The lowest BCUT2D eigenvalue weighted by atomic mass is 9.67. The summed E-state index contributed by atoms with van der Waals surface area (Å²) in [6, 6.07) is 4.44. The van der Waals surface area contributed by atoms with Crippen molar-refractivity contribution in [2.24, 2.45) is 5.41 Å². The fraction of sp³-hybridized carbons (Fsp3) is 0.636. The molecular weight excluding hydrogens is 178 g/mol. The molecule has 0 aromatic carbocycles. The third-order valence-corrected chi connectivity index (χ3v) is 3.59. The van der Waals surface area contributed by atoms with Crippen molar-refractivity contribution >= 4 is 0 Å². The van der Waals surface area contributed by atoms with Crippen molar-refractivity contribution in [1.29, 1.82) is 0 Å². The van der Waals surface area contributed by atoms with E-state index >= 15 is 0 Å². The molecule has 1 atom stereocenters. The van der Waals surface area contributed by atoms with Gasteiger partial charge in [0.05, 0.1) is 12.3 Å². The van der Waals surface area contributed by atoms with E-state index in [4.69, 9.17) is 9.15 Å². The minimum absolute atomic E-state index is 0.413. The lowest BCUT2D eigenvalue weighted by Crippen LogP contribution is -2.58. The van der Waals surface area contributed by atoms with Crippen LogP contribution in [0.5, 0.6) is 0 Å². The Kier molecular flexibility index (Phi) is 1.89. The molecule has 1 spiro atoms. The van der Waals surface area contributed by atoms with Gasteiger partial charge in [-0.15, -0.1) is 0 Å². The summed E-state index contributed by atoms with van der Waals surface area (Å²) in [5, 5.41) is 3.46. The third-order valence-electron chi connectivity index (χ3n) is 3.59. The van der Waals surface area contributed by atoms with Crippen molar-refractivity contribution < 1.29 is 9.15 Å². The van der Waals surface area contributed by atoms with E-state index in [1.54, 1.807) is 6.26 Å². The predicted octanol–water partition coefficient (Wildman–Crippen LogP) is 1.72. The molecule has 3 heterocycles. The lowest BCUT2D eigenvalue weighted by Gasteiger charge is -2.51. The Morgan fingerprint density at radius 1 is 1.36 bits per heavy atom. The average molecular weight is 193 g/mol. The van der Waals surface area contributed by atoms with Crippen LogP contribution in [0.1, 0.15) is 24.6 Å². The van der Waals surface area contributed by atoms with Gasteiger partial charge >= 0.3 is 0 Å². The highest BCUT2D eigenvalue weighted by Gasteiger charge is 2.49. The van der Waals surface area contributed by atoms with Crippen LogP contribution < -0.4 is 5.32 Å². The summed E-state index contributed by atoms with van der Waals surface area (Å²) in [6.45, 7) is 2.92. The van der Waals surface area contributed by atoms with Gasteiger partial charge in [0.15, 0.2) is 0 Å². The number of rotatable bonds is 1. The van der Waals surface area contributed by atoms with Gasteiger partial charge in [0.1, 0.15) is 5.76 Å². The highest BCUT2D eigenvalue weighted by molar-refractivity contribution is 5.16. The Labute approximate surface area is 83.4 Å². The summed E-state index contributed by atoms with van der Waals surface area (Å²) < 4.78 is 10.9. The summed E-state index contributed by atoms with van der Waals surface area (Å²) in [6.07, 6.45) is 4.07. The van der Waals surface area contributed by atoms with E-state index in [-0.39, 0.29) is 0 Å². The van der Waals surface area contributed by atoms with Crippen molar-refractivity contribution in [3.63, 3.8) is 0 Å². The second-order valence-corrected chi connectivity index (χ2v) is 4.30. The van der Waals surface area contributed by atoms with Crippen molar-refractivity contribution in [2.75, 3.05) is 19.8 Å². The average Bonchev–Trinajstić information content (AvgIpc) is 2.71. The molecule has 3 heteroatoms. The fourth-order valence-electron chi connectivity index (χ4n) is 2.59. The van der Waals surface area contributed by atoms with Crippen molar-refractivity contribution in [3.8, 4) is 0 Å². The van der Waals surface area contributed by atoms with Crippen molar-refractivity contribution in [1.82, 2.24) is 5.32 Å². The summed E-state index contributed by atoms with van der Waals surface area (Å²) >= 11 is 0. The third kappa shape index (κ3) is 1.12. The second kappa shape index (κ2) is 3.11. The van der Waals surface area contributed by atoms with Crippen LogP contribution in [0.3, 0.4) is 0 Å². The highest BCUT2D eigenvalue weighted by Crippen LogP contribution is 2.48. The summed E-state index contributed by atoms with van der Waals surface area (Å²) in [7, 11) is 0. The molecule has 2 aliphatic rings. The number of hydrogen-bond donors (Lipinski definition) is 1. The molecule has 2 aliphatic heterocycles. The lowest BCUT2D eigenvalue weighted by molar-refractivity contribution is -0.0535. The number of furan rings is 1. The maximum atomic E-state index is 5.46. The highest BCUT2D eigenvalue weighted by atomic mass is 16.5. The molecular formula is C11H15NO2. The van der Waals surface area contributed by atoms with E-state index < -0.39 is 0 Å². The Balaban J connectivity index is 1.81. The zero-order chi connectivity index (χ0) is 9.43. The van der Waals surface area contributed by atoms with E-state index in [1.165, 1.54) is 0 Å². The first-order chi connectivity index (χ1) is 6.91. The van der Waals surface area contributed by atoms with Crippen LogP contribution in [0, 0.1) is 5.41 Å². The zero-order valence-electron chi connectivity index (χ0n) is 8.16. The Morgan fingerprint density at radius 3 is 2.79 bits per heavy atom. The van der Waals surface area contributed by atoms with Gasteiger partial charge in [0.2, 0.25) is 0 Å². The fourth-order valence-corrected chi connectivity index (χ4v) is 2.59. The Morgan fingerprint density at radius 2 is 2.21 bits per heavy atom. The first-order valence-electron chi connectivity index (χ1n) is 5.25. The molecule has 2 saturated heterocycles. The molecule has 76 valence electrons. The summed E-state index contributed by atoms with van der Waals surface area (Å²) in [5.41, 5.74) is 0.413. The van der Waals surface area contributed by atoms with Gasteiger partial charge in [-0.25, -0.2) is 0 Å². The van der Waals surface area contributed by atoms with E-state index in [0.717, 1.165) is 38.4 Å². The zero-order valence-corrected chi connectivity index (χ0v) is 8.16. The molecule has 0 aliphatic carbocycles. The maximum absolute atomic E-state index is 5.46. The van der Waals surface area contributed by atoms with Crippen LogP contribution in [-0.2, 0) is 4.74 Å². The smallest absolute Gasteiger partial charge is 0.121 e.